The lowest BCUT2D eigenvalue weighted by atomic mass is 10.1. The summed E-state index contributed by atoms with van der Waals surface area (Å²) in [6.45, 7) is 1.87. The summed E-state index contributed by atoms with van der Waals surface area (Å²) >= 11 is 12.1. The molecule has 1 N–H and O–H groups in total. The highest BCUT2D eigenvalue weighted by Gasteiger charge is 2.20. The minimum atomic E-state index is -0.458. The molecule has 0 radical (unpaired) electrons. The maximum atomic E-state index is 13.0. The van der Waals surface area contributed by atoms with Crippen LogP contribution in [0.3, 0.4) is 0 Å². The molecule has 1 atom stereocenters. The molecule has 3 nitrogen and oxygen atoms in total. The summed E-state index contributed by atoms with van der Waals surface area (Å²) in [5.74, 6) is -0.458. The number of nitrogens with zero attached hydrogens (tertiary/aromatic N) is 1. The van der Waals surface area contributed by atoms with Gasteiger partial charge in [-0.2, -0.15) is 0 Å². The maximum absolute atomic E-state index is 13.0. The highest BCUT2D eigenvalue weighted by atomic mass is 35.5. The summed E-state index contributed by atoms with van der Waals surface area (Å²) < 4.78 is 13.0. The Morgan fingerprint density at radius 2 is 1.86 bits per heavy atom. The number of hydrogen-bond donors (Lipinski definition) is 1. The van der Waals surface area contributed by atoms with Crippen LogP contribution in [-0.2, 0) is 0 Å². The third-order valence-corrected chi connectivity index (χ3v) is 4.09. The molecule has 0 saturated heterocycles. The van der Waals surface area contributed by atoms with Crippen molar-refractivity contribution < 1.29 is 9.18 Å². The Kier molecular flexibility index (Phi) is 5.27. The number of halogens is 3. The highest BCUT2D eigenvalue weighted by Crippen LogP contribution is 2.28. The van der Waals surface area contributed by atoms with Gasteiger partial charge in [0.05, 0.1) is 16.8 Å². The predicted octanol–water partition coefficient (Wildman–Crippen LogP) is 5.36. The molecule has 0 bridgehead atoms. The van der Waals surface area contributed by atoms with Crippen LogP contribution in [0.1, 0.15) is 18.5 Å². The van der Waals surface area contributed by atoms with E-state index < -0.39 is 5.82 Å². The number of nitrogens with one attached hydrogen (secondary N) is 1. The van der Waals surface area contributed by atoms with E-state index in [0.29, 0.717) is 10.7 Å². The summed E-state index contributed by atoms with van der Waals surface area (Å²) in [7, 11) is 1.65. The number of carbonyl (C=O) groups is 1. The molecule has 2 amide bonds. The Balaban J connectivity index is 2.13. The van der Waals surface area contributed by atoms with E-state index in [1.165, 1.54) is 17.0 Å². The van der Waals surface area contributed by atoms with Gasteiger partial charge in [0.15, 0.2) is 0 Å². The zero-order chi connectivity index (χ0) is 16.3. The molecule has 22 heavy (non-hydrogen) atoms. The van der Waals surface area contributed by atoms with Crippen LogP contribution in [0, 0.1) is 5.82 Å². The average molecular weight is 341 g/mol. The van der Waals surface area contributed by atoms with Crippen molar-refractivity contribution in [1.29, 1.82) is 0 Å². The molecular weight excluding hydrogens is 326 g/mol. The van der Waals surface area contributed by atoms with E-state index in [4.69, 9.17) is 23.2 Å². The van der Waals surface area contributed by atoms with E-state index >= 15 is 0 Å². The van der Waals surface area contributed by atoms with Crippen LogP contribution in [0.5, 0.6) is 0 Å². The molecule has 116 valence electrons. The Morgan fingerprint density at radius 3 is 2.50 bits per heavy atom. The second-order valence-electron chi connectivity index (χ2n) is 4.86. The van der Waals surface area contributed by atoms with E-state index in [1.54, 1.807) is 13.1 Å². The Morgan fingerprint density at radius 1 is 1.18 bits per heavy atom. The van der Waals surface area contributed by atoms with E-state index in [9.17, 15) is 9.18 Å². The first kappa shape index (κ1) is 16.6. The summed E-state index contributed by atoms with van der Waals surface area (Å²) in [5.41, 5.74) is 1.19. The molecule has 0 saturated carbocycles. The minimum absolute atomic E-state index is 0.146. The van der Waals surface area contributed by atoms with E-state index in [-0.39, 0.29) is 17.1 Å². The van der Waals surface area contributed by atoms with Gasteiger partial charge in [0, 0.05) is 12.1 Å². The van der Waals surface area contributed by atoms with Crippen LogP contribution in [0.25, 0.3) is 0 Å². The smallest absolute Gasteiger partial charge is 0.321 e. The normalized spacial score (nSPS) is 11.9. The Labute approximate surface area is 138 Å². The van der Waals surface area contributed by atoms with Crippen molar-refractivity contribution >= 4 is 34.9 Å². The van der Waals surface area contributed by atoms with Crippen LogP contribution in [0.2, 0.25) is 10.0 Å². The summed E-state index contributed by atoms with van der Waals surface area (Å²) in [6, 6.07) is 10.5. The number of anilines is 1. The van der Waals surface area contributed by atoms with Crippen molar-refractivity contribution in [2.45, 2.75) is 13.0 Å². The van der Waals surface area contributed by atoms with Gasteiger partial charge in [-0.15, -0.1) is 0 Å². The van der Waals surface area contributed by atoms with Crippen LogP contribution >= 0.6 is 23.2 Å². The standard InChI is InChI=1S/C16H15Cl2FN2O/c1-10(12-5-3-4-6-13(12)17)21(2)16(22)20-15-8-7-11(19)9-14(15)18/h3-10H,1-2H3,(H,20,22). The molecule has 0 aromatic heterocycles. The van der Waals surface area contributed by atoms with Crippen molar-refractivity contribution in [3.8, 4) is 0 Å². The van der Waals surface area contributed by atoms with Gasteiger partial charge in [-0.3, -0.25) is 0 Å². The second kappa shape index (κ2) is 6.99. The van der Waals surface area contributed by atoms with Crippen LogP contribution in [0.4, 0.5) is 14.9 Å². The monoisotopic (exact) mass is 340 g/mol. The van der Waals surface area contributed by atoms with Crippen LogP contribution in [-0.4, -0.2) is 18.0 Å². The van der Waals surface area contributed by atoms with Crippen molar-refractivity contribution in [1.82, 2.24) is 4.90 Å². The fraction of sp³-hybridized carbons (Fsp3) is 0.188. The van der Waals surface area contributed by atoms with Gasteiger partial charge in [0.25, 0.3) is 0 Å². The minimum Gasteiger partial charge on any atom is -0.321 e. The van der Waals surface area contributed by atoms with Gasteiger partial charge in [-0.25, -0.2) is 9.18 Å². The molecule has 0 heterocycles. The average Bonchev–Trinajstić information content (AvgIpc) is 2.49. The third kappa shape index (κ3) is 3.70. The summed E-state index contributed by atoms with van der Waals surface area (Å²) in [6.07, 6.45) is 0. The molecule has 2 aromatic rings. The van der Waals surface area contributed by atoms with Gasteiger partial charge >= 0.3 is 6.03 Å². The first-order valence-electron chi connectivity index (χ1n) is 6.63. The van der Waals surface area contributed by atoms with Gasteiger partial charge < -0.3 is 10.2 Å². The van der Waals surface area contributed by atoms with Crippen molar-refractivity contribution in [3.05, 3.63) is 63.9 Å². The largest absolute Gasteiger partial charge is 0.322 e. The van der Waals surface area contributed by atoms with Gasteiger partial charge in [0.1, 0.15) is 5.82 Å². The second-order valence-corrected chi connectivity index (χ2v) is 5.68. The van der Waals surface area contributed by atoms with E-state index in [0.717, 1.165) is 11.6 Å². The fourth-order valence-corrected chi connectivity index (χ4v) is 2.50. The predicted molar refractivity (Wildman–Crippen MR) is 88.1 cm³/mol. The van der Waals surface area contributed by atoms with Gasteiger partial charge in [-0.05, 0) is 36.8 Å². The lowest BCUT2D eigenvalue weighted by molar-refractivity contribution is 0.208. The van der Waals surface area contributed by atoms with E-state index in [2.05, 4.69) is 5.32 Å². The zero-order valence-electron chi connectivity index (χ0n) is 12.1. The molecule has 0 spiro atoms. The number of benzene rings is 2. The number of rotatable bonds is 3. The third-order valence-electron chi connectivity index (χ3n) is 3.43. The summed E-state index contributed by atoms with van der Waals surface area (Å²) in [5, 5.41) is 3.39. The van der Waals surface area contributed by atoms with Crippen molar-refractivity contribution in [2.24, 2.45) is 0 Å². The first-order chi connectivity index (χ1) is 10.4. The molecule has 0 aliphatic heterocycles. The maximum Gasteiger partial charge on any atom is 0.322 e. The topological polar surface area (TPSA) is 32.3 Å². The molecule has 2 aromatic carbocycles. The summed E-state index contributed by atoms with van der Waals surface area (Å²) in [4.78, 5) is 13.8. The quantitative estimate of drug-likeness (QED) is 0.801. The van der Waals surface area contributed by atoms with Gasteiger partial charge in [-0.1, -0.05) is 41.4 Å². The zero-order valence-corrected chi connectivity index (χ0v) is 13.6. The molecule has 0 aliphatic carbocycles. The number of hydrogen-bond acceptors (Lipinski definition) is 1. The van der Waals surface area contributed by atoms with Crippen molar-refractivity contribution in [3.63, 3.8) is 0 Å². The molecule has 0 aliphatic rings. The lowest BCUT2D eigenvalue weighted by Gasteiger charge is -2.26. The number of carbonyl (C=O) groups excluding carboxylic acids is 1. The van der Waals surface area contributed by atoms with Gasteiger partial charge in [0.2, 0.25) is 0 Å². The van der Waals surface area contributed by atoms with Crippen molar-refractivity contribution in [2.75, 3.05) is 12.4 Å². The Hall–Kier alpha value is -1.78. The number of amides is 2. The van der Waals surface area contributed by atoms with E-state index in [1.807, 2.05) is 25.1 Å². The molecule has 2 rings (SSSR count). The van der Waals surface area contributed by atoms with Crippen LogP contribution < -0.4 is 5.32 Å². The first-order valence-corrected chi connectivity index (χ1v) is 7.39. The highest BCUT2D eigenvalue weighted by molar-refractivity contribution is 6.33. The molecule has 0 fully saturated rings. The number of urea groups is 1. The lowest BCUT2D eigenvalue weighted by Crippen LogP contribution is -2.33. The SMILES string of the molecule is CC(c1ccccc1Cl)N(C)C(=O)Nc1ccc(F)cc1Cl. The molecule has 6 heteroatoms. The fourth-order valence-electron chi connectivity index (χ4n) is 1.99. The molecular formula is C16H15Cl2FN2O. The molecule has 1 unspecified atom stereocenters. The van der Waals surface area contributed by atoms with Crippen LogP contribution in [0.15, 0.2) is 42.5 Å². The Bertz CT molecular complexity index is 694.